The van der Waals surface area contributed by atoms with Gasteiger partial charge in [0.2, 0.25) is 0 Å². The van der Waals surface area contributed by atoms with Crippen LogP contribution in [0.1, 0.15) is 27.2 Å². The van der Waals surface area contributed by atoms with Gasteiger partial charge in [0.25, 0.3) is 0 Å². The zero-order chi connectivity index (χ0) is 20.8. The van der Waals surface area contributed by atoms with Crippen molar-refractivity contribution in [2.45, 2.75) is 38.8 Å². The van der Waals surface area contributed by atoms with E-state index in [1.54, 1.807) is 12.3 Å². The Labute approximate surface area is 171 Å². The van der Waals surface area contributed by atoms with Crippen molar-refractivity contribution in [3.63, 3.8) is 0 Å². The molecule has 7 heteroatoms. The van der Waals surface area contributed by atoms with Gasteiger partial charge in [-0.15, -0.1) is 10.2 Å². The van der Waals surface area contributed by atoms with Crippen LogP contribution >= 0.6 is 0 Å². The second-order valence-corrected chi connectivity index (χ2v) is 8.56. The van der Waals surface area contributed by atoms with Crippen molar-refractivity contribution in [2.75, 3.05) is 25.5 Å². The first-order valence-electron chi connectivity index (χ1n) is 10.00. The van der Waals surface area contributed by atoms with Crippen molar-refractivity contribution in [2.24, 2.45) is 5.92 Å². The van der Waals surface area contributed by atoms with Crippen LogP contribution in [0.2, 0.25) is 0 Å². The summed E-state index contributed by atoms with van der Waals surface area (Å²) in [6.07, 6.45) is 4.29. The summed E-state index contributed by atoms with van der Waals surface area (Å²) < 4.78 is 0. The Morgan fingerprint density at radius 2 is 2.00 bits per heavy atom. The van der Waals surface area contributed by atoms with Crippen LogP contribution in [0, 0.1) is 5.92 Å². The second kappa shape index (κ2) is 7.22. The van der Waals surface area contributed by atoms with Crippen LogP contribution in [-0.4, -0.2) is 62.4 Å². The van der Waals surface area contributed by atoms with E-state index in [9.17, 15) is 5.11 Å². The minimum absolute atomic E-state index is 0.128. The summed E-state index contributed by atoms with van der Waals surface area (Å²) in [7, 11) is 4.29. The molecule has 1 saturated heterocycles. The molecule has 4 rings (SSSR count). The first kappa shape index (κ1) is 19.5. The number of benzene rings is 1. The Bertz CT molecular complexity index is 1020. The monoisotopic (exact) mass is 392 g/mol. The minimum Gasteiger partial charge on any atom is -0.507 e. The summed E-state index contributed by atoms with van der Waals surface area (Å²) >= 11 is 0. The number of nitrogens with zero attached hydrogens (tertiary/aromatic N) is 6. The molecule has 2 aromatic heterocycles. The lowest BCUT2D eigenvalue weighted by molar-refractivity contribution is 0.0391. The lowest BCUT2D eigenvalue weighted by Gasteiger charge is -2.51. The summed E-state index contributed by atoms with van der Waals surface area (Å²) in [6, 6.07) is 7.77. The molecule has 0 radical (unpaired) electrons. The molecule has 0 spiro atoms. The normalized spacial score (nSPS) is 22.0. The molecule has 1 N–H and O–H groups in total. The van der Waals surface area contributed by atoms with Crippen molar-refractivity contribution >= 4 is 16.7 Å². The Hall–Kier alpha value is -2.80. The average molecular weight is 393 g/mol. The fraction of sp³-hybridized carbons (Fsp3) is 0.455. The van der Waals surface area contributed by atoms with E-state index < -0.39 is 0 Å². The van der Waals surface area contributed by atoms with E-state index in [0.717, 1.165) is 24.2 Å². The Kier molecular flexibility index (Phi) is 4.86. The molecule has 3 aromatic rings. The molecule has 2 atom stereocenters. The molecule has 1 aromatic carbocycles. The zero-order valence-electron chi connectivity index (χ0n) is 17.7. The Balaban J connectivity index is 1.60. The van der Waals surface area contributed by atoms with Gasteiger partial charge in [0, 0.05) is 48.4 Å². The highest BCUT2D eigenvalue weighted by Gasteiger charge is 2.41. The van der Waals surface area contributed by atoms with Gasteiger partial charge in [-0.2, -0.15) is 0 Å². The van der Waals surface area contributed by atoms with Crippen LogP contribution < -0.4 is 4.90 Å². The molecule has 1 fully saturated rings. The molecule has 0 saturated carbocycles. The molecular weight excluding hydrogens is 364 g/mol. The first-order chi connectivity index (χ1) is 13.8. The maximum absolute atomic E-state index is 10.4. The molecule has 0 amide bonds. The van der Waals surface area contributed by atoms with Crippen LogP contribution in [0.4, 0.5) is 5.82 Å². The number of piperidine rings is 1. The number of rotatable bonds is 3. The molecular formula is C22H28N6O. The number of anilines is 1. The van der Waals surface area contributed by atoms with Gasteiger partial charge in [-0.05, 0) is 51.4 Å². The highest BCUT2D eigenvalue weighted by molar-refractivity contribution is 5.86. The van der Waals surface area contributed by atoms with E-state index in [1.807, 2.05) is 18.2 Å². The highest BCUT2D eigenvalue weighted by atomic mass is 16.3. The van der Waals surface area contributed by atoms with E-state index in [2.05, 4.69) is 64.8 Å². The number of phenolic OH excluding ortho intramolecular Hbond substituents is 1. The van der Waals surface area contributed by atoms with Crippen LogP contribution in [0.5, 0.6) is 5.75 Å². The SMILES string of the molecule is CC1C(N(C)c2ccc(-c3cc4cncnc4cc3O)nn2)CCN(C)C1(C)C. The van der Waals surface area contributed by atoms with Crippen LogP contribution in [-0.2, 0) is 0 Å². The zero-order valence-corrected chi connectivity index (χ0v) is 17.7. The van der Waals surface area contributed by atoms with Gasteiger partial charge >= 0.3 is 0 Å². The van der Waals surface area contributed by atoms with Gasteiger partial charge in [-0.25, -0.2) is 9.97 Å². The number of hydrogen-bond donors (Lipinski definition) is 1. The fourth-order valence-electron chi connectivity index (χ4n) is 4.26. The molecule has 7 nitrogen and oxygen atoms in total. The standard InChI is InChI=1S/C22H28N6O/c1-14-19(8-9-27(4)22(14,2)3)28(5)21-7-6-17(25-26-21)16-10-15-12-23-13-24-18(15)11-20(16)29/h6-7,10-14,19,29H,8-9H2,1-5H3. The molecule has 2 unspecified atom stereocenters. The number of aromatic nitrogens is 4. The quantitative estimate of drug-likeness (QED) is 0.732. The number of hydrogen-bond acceptors (Lipinski definition) is 7. The number of fused-ring (bicyclic) bond motifs is 1. The third-order valence-corrected chi connectivity index (χ3v) is 6.84. The maximum Gasteiger partial charge on any atom is 0.151 e. The van der Waals surface area contributed by atoms with Gasteiger partial charge in [0.05, 0.1) is 11.2 Å². The highest BCUT2D eigenvalue weighted by Crippen LogP contribution is 2.36. The summed E-state index contributed by atoms with van der Waals surface area (Å²) in [6.45, 7) is 7.98. The predicted molar refractivity (Wildman–Crippen MR) is 115 cm³/mol. The minimum atomic E-state index is 0.128. The lowest BCUT2D eigenvalue weighted by atomic mass is 9.77. The number of aromatic hydroxyl groups is 1. The van der Waals surface area contributed by atoms with Crippen LogP contribution in [0.15, 0.2) is 36.8 Å². The molecule has 1 aliphatic heterocycles. The third kappa shape index (κ3) is 3.40. The number of likely N-dealkylation sites (tertiary alicyclic amines) is 1. The molecule has 0 bridgehead atoms. The van der Waals surface area contributed by atoms with Gasteiger partial charge in [0.15, 0.2) is 5.82 Å². The smallest absolute Gasteiger partial charge is 0.151 e. The van der Waals surface area contributed by atoms with Crippen LogP contribution in [0.25, 0.3) is 22.2 Å². The van der Waals surface area contributed by atoms with Crippen molar-refractivity contribution in [1.82, 2.24) is 25.1 Å². The topological polar surface area (TPSA) is 78.3 Å². The van der Waals surface area contributed by atoms with Gasteiger partial charge < -0.3 is 14.9 Å². The Morgan fingerprint density at radius 3 is 2.72 bits per heavy atom. The van der Waals surface area contributed by atoms with Gasteiger partial charge in [-0.3, -0.25) is 0 Å². The lowest BCUT2D eigenvalue weighted by Crippen LogP contribution is -2.59. The van der Waals surface area contributed by atoms with Crippen LogP contribution in [0.3, 0.4) is 0 Å². The molecule has 0 aliphatic carbocycles. The largest absolute Gasteiger partial charge is 0.507 e. The Morgan fingerprint density at radius 1 is 1.21 bits per heavy atom. The van der Waals surface area contributed by atoms with Crippen molar-refractivity contribution in [3.8, 4) is 17.0 Å². The van der Waals surface area contributed by atoms with Gasteiger partial charge in [0.1, 0.15) is 12.1 Å². The van der Waals surface area contributed by atoms with E-state index >= 15 is 0 Å². The van der Waals surface area contributed by atoms with Crippen molar-refractivity contribution in [1.29, 1.82) is 0 Å². The molecule has 29 heavy (non-hydrogen) atoms. The summed E-state index contributed by atoms with van der Waals surface area (Å²) in [5.74, 6) is 1.46. The first-order valence-corrected chi connectivity index (χ1v) is 10.00. The summed E-state index contributed by atoms with van der Waals surface area (Å²) in [4.78, 5) is 12.9. The van der Waals surface area contributed by atoms with Gasteiger partial charge in [-0.1, -0.05) is 6.92 Å². The fourth-order valence-corrected chi connectivity index (χ4v) is 4.26. The number of phenols is 1. The maximum atomic E-state index is 10.4. The molecule has 152 valence electrons. The summed E-state index contributed by atoms with van der Waals surface area (Å²) in [5.41, 5.74) is 2.08. The molecule has 3 heterocycles. The average Bonchev–Trinajstić information content (AvgIpc) is 2.72. The van der Waals surface area contributed by atoms with E-state index in [-0.39, 0.29) is 11.3 Å². The van der Waals surface area contributed by atoms with E-state index in [0.29, 0.717) is 28.7 Å². The predicted octanol–water partition coefficient (Wildman–Crippen LogP) is 3.35. The third-order valence-electron chi connectivity index (χ3n) is 6.84. The van der Waals surface area contributed by atoms with Crippen molar-refractivity contribution < 1.29 is 5.11 Å². The molecule has 1 aliphatic rings. The second-order valence-electron chi connectivity index (χ2n) is 8.56. The summed E-state index contributed by atoms with van der Waals surface area (Å²) in [5, 5.41) is 20.1. The van der Waals surface area contributed by atoms with E-state index in [1.165, 1.54) is 6.33 Å². The van der Waals surface area contributed by atoms with Crippen molar-refractivity contribution in [3.05, 3.63) is 36.8 Å². The van der Waals surface area contributed by atoms with E-state index in [4.69, 9.17) is 0 Å².